The van der Waals surface area contributed by atoms with Gasteiger partial charge < -0.3 is 5.11 Å². The fourth-order valence-electron chi connectivity index (χ4n) is 2.87. The first kappa shape index (κ1) is 11.8. The Kier molecular flexibility index (Phi) is 3.11. The summed E-state index contributed by atoms with van der Waals surface area (Å²) in [6.45, 7) is 0.243. The zero-order valence-corrected chi connectivity index (χ0v) is 10.7. The summed E-state index contributed by atoms with van der Waals surface area (Å²) >= 11 is 5.91. The highest BCUT2D eigenvalue weighted by molar-refractivity contribution is 6.30. The first-order valence-electron chi connectivity index (χ1n) is 6.22. The van der Waals surface area contributed by atoms with Crippen LogP contribution in [0.2, 0.25) is 5.02 Å². The fraction of sp³-hybridized carbons (Fsp3) is 0.250. The molecule has 92 valence electrons. The van der Waals surface area contributed by atoms with Gasteiger partial charge in [-0.1, -0.05) is 54.1 Å². The lowest BCUT2D eigenvalue weighted by atomic mass is 10.0. The van der Waals surface area contributed by atoms with Gasteiger partial charge in [0.2, 0.25) is 0 Å². The highest BCUT2D eigenvalue weighted by Crippen LogP contribution is 2.60. The Bertz CT molecular complexity index is 521. The van der Waals surface area contributed by atoms with E-state index in [4.69, 9.17) is 11.6 Å². The molecule has 1 aliphatic rings. The molecule has 0 amide bonds. The van der Waals surface area contributed by atoms with E-state index in [2.05, 4.69) is 36.4 Å². The lowest BCUT2D eigenvalue weighted by Gasteiger charge is -2.01. The molecule has 2 aromatic rings. The summed E-state index contributed by atoms with van der Waals surface area (Å²) in [6, 6.07) is 18.4. The van der Waals surface area contributed by atoms with Gasteiger partial charge in [0.25, 0.3) is 0 Å². The topological polar surface area (TPSA) is 20.2 Å². The van der Waals surface area contributed by atoms with Crippen molar-refractivity contribution in [1.82, 2.24) is 0 Å². The van der Waals surface area contributed by atoms with Crippen LogP contribution >= 0.6 is 11.6 Å². The van der Waals surface area contributed by atoms with Crippen molar-refractivity contribution in [2.75, 3.05) is 6.61 Å². The molecule has 0 aliphatic heterocycles. The average Bonchev–Trinajstić information content (AvgIpc) is 3.15. The van der Waals surface area contributed by atoms with Gasteiger partial charge in [0.15, 0.2) is 0 Å². The van der Waals surface area contributed by atoms with E-state index in [9.17, 15) is 5.11 Å². The second kappa shape index (κ2) is 4.75. The lowest BCUT2D eigenvalue weighted by molar-refractivity contribution is 0.271. The van der Waals surface area contributed by atoms with Crippen molar-refractivity contribution < 1.29 is 5.11 Å². The zero-order valence-electron chi connectivity index (χ0n) is 9.96. The molecule has 0 unspecified atom stereocenters. The summed E-state index contributed by atoms with van der Waals surface area (Å²) in [5, 5.41) is 10.3. The molecule has 18 heavy (non-hydrogen) atoms. The van der Waals surface area contributed by atoms with Gasteiger partial charge in [-0.3, -0.25) is 0 Å². The molecule has 0 saturated heterocycles. The third kappa shape index (κ3) is 2.05. The van der Waals surface area contributed by atoms with Crippen LogP contribution in [-0.2, 0) is 0 Å². The fourth-order valence-corrected chi connectivity index (χ4v) is 3.00. The average molecular weight is 259 g/mol. The number of aliphatic hydroxyl groups is 1. The first-order chi connectivity index (χ1) is 8.81. The predicted octanol–water partition coefficient (Wildman–Crippen LogP) is 3.83. The molecule has 3 atom stereocenters. The summed E-state index contributed by atoms with van der Waals surface area (Å²) in [7, 11) is 0. The van der Waals surface area contributed by atoms with E-state index in [0.29, 0.717) is 17.8 Å². The highest BCUT2D eigenvalue weighted by atomic mass is 35.5. The van der Waals surface area contributed by atoms with Crippen molar-refractivity contribution >= 4 is 11.6 Å². The first-order valence-corrected chi connectivity index (χ1v) is 6.60. The number of hydrogen-bond donors (Lipinski definition) is 1. The minimum Gasteiger partial charge on any atom is -0.396 e. The third-order valence-electron chi connectivity index (χ3n) is 3.82. The van der Waals surface area contributed by atoms with Crippen LogP contribution in [-0.4, -0.2) is 11.7 Å². The summed E-state index contributed by atoms with van der Waals surface area (Å²) in [6.07, 6.45) is 0. The summed E-state index contributed by atoms with van der Waals surface area (Å²) in [5.74, 6) is 1.21. The quantitative estimate of drug-likeness (QED) is 0.887. The summed E-state index contributed by atoms with van der Waals surface area (Å²) < 4.78 is 0. The molecule has 2 heteroatoms. The Morgan fingerprint density at radius 2 is 1.39 bits per heavy atom. The molecule has 1 N–H and O–H groups in total. The second-order valence-electron chi connectivity index (χ2n) is 4.86. The van der Waals surface area contributed by atoms with Crippen LogP contribution in [0.25, 0.3) is 0 Å². The lowest BCUT2D eigenvalue weighted by Crippen LogP contribution is -1.88. The van der Waals surface area contributed by atoms with E-state index < -0.39 is 0 Å². The Morgan fingerprint density at radius 3 is 1.94 bits per heavy atom. The molecule has 0 heterocycles. The highest BCUT2D eigenvalue weighted by Gasteiger charge is 2.50. The molecule has 0 radical (unpaired) electrons. The van der Waals surface area contributed by atoms with E-state index in [-0.39, 0.29) is 6.61 Å². The van der Waals surface area contributed by atoms with Crippen molar-refractivity contribution in [3.63, 3.8) is 0 Å². The van der Waals surface area contributed by atoms with Crippen molar-refractivity contribution in [1.29, 1.82) is 0 Å². The standard InChI is InChI=1S/C16H15ClO/c17-13-8-6-12(7-9-13)16-14(10-18)15(16)11-4-2-1-3-5-11/h1-9,14-16,18H,10H2/t14-,15-,16+/m1/s1. The number of rotatable bonds is 3. The Balaban J connectivity index is 1.87. The van der Waals surface area contributed by atoms with Gasteiger partial charge in [-0.25, -0.2) is 0 Å². The van der Waals surface area contributed by atoms with Gasteiger partial charge in [0.1, 0.15) is 0 Å². The van der Waals surface area contributed by atoms with Crippen LogP contribution in [0, 0.1) is 5.92 Å². The SMILES string of the molecule is OC[C@@H]1[C@@H](c2ccccc2)[C@H]1c1ccc(Cl)cc1. The Labute approximate surface area is 112 Å². The number of benzene rings is 2. The maximum absolute atomic E-state index is 9.50. The molecular weight excluding hydrogens is 244 g/mol. The van der Waals surface area contributed by atoms with Crippen molar-refractivity contribution in [3.05, 3.63) is 70.7 Å². The van der Waals surface area contributed by atoms with Gasteiger partial charge in [0.05, 0.1) is 0 Å². The van der Waals surface area contributed by atoms with Crippen LogP contribution < -0.4 is 0 Å². The smallest absolute Gasteiger partial charge is 0.0471 e. The molecule has 0 aromatic heterocycles. The van der Waals surface area contributed by atoms with Crippen LogP contribution in [0.5, 0.6) is 0 Å². The largest absolute Gasteiger partial charge is 0.396 e. The molecule has 1 fully saturated rings. The zero-order chi connectivity index (χ0) is 12.5. The van der Waals surface area contributed by atoms with Crippen molar-refractivity contribution in [2.24, 2.45) is 5.92 Å². The van der Waals surface area contributed by atoms with Gasteiger partial charge in [-0.2, -0.15) is 0 Å². The van der Waals surface area contributed by atoms with Gasteiger partial charge in [-0.15, -0.1) is 0 Å². The third-order valence-corrected chi connectivity index (χ3v) is 4.07. The monoisotopic (exact) mass is 258 g/mol. The van der Waals surface area contributed by atoms with E-state index in [1.54, 1.807) is 0 Å². The minimum absolute atomic E-state index is 0.243. The maximum Gasteiger partial charge on any atom is 0.0471 e. The molecular formula is C16H15ClO. The maximum atomic E-state index is 9.50. The Morgan fingerprint density at radius 1 is 0.833 bits per heavy atom. The molecule has 1 aliphatic carbocycles. The van der Waals surface area contributed by atoms with Crippen LogP contribution in [0.15, 0.2) is 54.6 Å². The molecule has 1 nitrogen and oxygen atoms in total. The van der Waals surface area contributed by atoms with Crippen LogP contribution in [0.4, 0.5) is 0 Å². The molecule has 0 spiro atoms. The molecule has 1 saturated carbocycles. The Hall–Kier alpha value is -1.31. The van der Waals surface area contributed by atoms with E-state index in [1.807, 2.05) is 18.2 Å². The second-order valence-corrected chi connectivity index (χ2v) is 5.30. The van der Waals surface area contributed by atoms with E-state index in [0.717, 1.165) is 5.02 Å². The molecule has 0 bridgehead atoms. The molecule has 2 aromatic carbocycles. The van der Waals surface area contributed by atoms with Crippen LogP contribution in [0.1, 0.15) is 23.0 Å². The van der Waals surface area contributed by atoms with Crippen LogP contribution in [0.3, 0.4) is 0 Å². The van der Waals surface area contributed by atoms with Gasteiger partial charge >= 0.3 is 0 Å². The normalized spacial score (nSPS) is 26.0. The van der Waals surface area contributed by atoms with E-state index in [1.165, 1.54) is 11.1 Å². The number of aliphatic hydroxyl groups excluding tert-OH is 1. The van der Waals surface area contributed by atoms with Crippen molar-refractivity contribution in [3.8, 4) is 0 Å². The number of halogens is 1. The minimum atomic E-state index is 0.243. The van der Waals surface area contributed by atoms with Crippen molar-refractivity contribution in [2.45, 2.75) is 11.8 Å². The van der Waals surface area contributed by atoms with Gasteiger partial charge in [-0.05, 0) is 41.0 Å². The predicted molar refractivity (Wildman–Crippen MR) is 74.0 cm³/mol. The van der Waals surface area contributed by atoms with Gasteiger partial charge in [0, 0.05) is 11.6 Å². The molecule has 3 rings (SSSR count). The summed E-state index contributed by atoms with van der Waals surface area (Å²) in [4.78, 5) is 0. The summed E-state index contributed by atoms with van der Waals surface area (Å²) in [5.41, 5.74) is 2.59. The van der Waals surface area contributed by atoms with E-state index >= 15 is 0 Å². The number of hydrogen-bond acceptors (Lipinski definition) is 1.